The van der Waals surface area contributed by atoms with Crippen LogP contribution in [0.1, 0.15) is 12.6 Å². The van der Waals surface area contributed by atoms with Gasteiger partial charge in [-0.2, -0.15) is 0 Å². The van der Waals surface area contributed by atoms with Crippen LogP contribution in [0.15, 0.2) is 16.6 Å². The van der Waals surface area contributed by atoms with E-state index in [-0.39, 0.29) is 13.2 Å². The number of anilines is 1. The van der Waals surface area contributed by atoms with E-state index >= 15 is 0 Å². The van der Waals surface area contributed by atoms with E-state index in [0.29, 0.717) is 5.82 Å². The second-order valence-electron chi connectivity index (χ2n) is 3.38. The molecule has 0 saturated heterocycles. The Bertz CT molecular complexity index is 451. The summed E-state index contributed by atoms with van der Waals surface area (Å²) in [6, 6.07) is 2.93. The third-order valence-electron chi connectivity index (χ3n) is 1.96. The zero-order chi connectivity index (χ0) is 13.5. The lowest BCUT2D eigenvalue weighted by Gasteiger charge is -2.07. The van der Waals surface area contributed by atoms with Crippen molar-refractivity contribution >= 4 is 33.7 Å². The van der Waals surface area contributed by atoms with E-state index in [1.165, 1.54) is 0 Å². The number of aryl methyl sites for hydroxylation is 1. The minimum Gasteiger partial charge on any atom is -0.465 e. The first-order chi connectivity index (χ1) is 8.52. The zero-order valence-electron chi connectivity index (χ0n) is 10.1. The normalized spacial score (nSPS) is 9.72. The number of pyridine rings is 1. The number of nitrogens with one attached hydrogen (secondary N) is 2. The maximum absolute atomic E-state index is 11.4. The first-order valence-corrected chi connectivity index (χ1v) is 6.16. The Morgan fingerprint density at radius 3 is 2.78 bits per heavy atom. The molecule has 6 nitrogen and oxygen atoms in total. The summed E-state index contributed by atoms with van der Waals surface area (Å²) in [6.07, 6.45) is 0. The first-order valence-electron chi connectivity index (χ1n) is 5.36. The lowest BCUT2D eigenvalue weighted by atomic mass is 10.4. The van der Waals surface area contributed by atoms with Crippen molar-refractivity contribution in [3.05, 3.63) is 22.3 Å². The van der Waals surface area contributed by atoms with Gasteiger partial charge in [-0.25, -0.2) is 9.78 Å². The van der Waals surface area contributed by atoms with Crippen LogP contribution >= 0.6 is 15.9 Å². The van der Waals surface area contributed by atoms with E-state index in [1.54, 1.807) is 19.1 Å². The second kappa shape index (κ2) is 6.95. The van der Waals surface area contributed by atoms with Gasteiger partial charge in [-0.05, 0) is 41.9 Å². The molecule has 1 heterocycles. The Morgan fingerprint density at radius 2 is 2.17 bits per heavy atom. The highest BCUT2D eigenvalue weighted by Gasteiger charge is 2.07. The number of rotatable bonds is 4. The number of aromatic nitrogens is 1. The van der Waals surface area contributed by atoms with Crippen LogP contribution in [0, 0.1) is 6.92 Å². The Labute approximate surface area is 113 Å². The minimum atomic E-state index is -0.503. The van der Waals surface area contributed by atoms with Gasteiger partial charge in [-0.15, -0.1) is 0 Å². The van der Waals surface area contributed by atoms with Crippen LogP contribution in [0.25, 0.3) is 0 Å². The number of halogens is 1. The summed E-state index contributed by atoms with van der Waals surface area (Å²) in [4.78, 5) is 26.6. The molecule has 1 rings (SSSR count). The van der Waals surface area contributed by atoms with Gasteiger partial charge in [0, 0.05) is 4.47 Å². The van der Waals surface area contributed by atoms with Crippen LogP contribution in [0.2, 0.25) is 0 Å². The fraction of sp³-hybridized carbons (Fsp3) is 0.364. The Kier molecular flexibility index (Phi) is 5.57. The quantitative estimate of drug-likeness (QED) is 0.831. The molecule has 0 aliphatic rings. The number of ether oxygens (including phenoxy) is 1. The molecule has 0 radical (unpaired) electrons. The first kappa shape index (κ1) is 14.4. The Hall–Kier alpha value is -1.63. The van der Waals surface area contributed by atoms with Crippen LogP contribution in [0.3, 0.4) is 0 Å². The standard InChI is InChI=1S/C11H14BrN3O3/c1-3-18-10(16)6-13-11(17)15-9-5-4-8(12)7(2)14-9/h4-5H,3,6H2,1-2H3,(H2,13,14,15,17). The highest BCUT2D eigenvalue weighted by atomic mass is 79.9. The van der Waals surface area contributed by atoms with Crippen LogP contribution in [0.5, 0.6) is 0 Å². The van der Waals surface area contributed by atoms with Gasteiger partial charge in [0.25, 0.3) is 0 Å². The number of amides is 2. The number of carbonyl (C=O) groups is 2. The molecule has 1 aromatic heterocycles. The van der Waals surface area contributed by atoms with Gasteiger partial charge in [-0.1, -0.05) is 0 Å². The molecule has 0 aliphatic heterocycles. The van der Waals surface area contributed by atoms with Gasteiger partial charge in [0.2, 0.25) is 0 Å². The lowest BCUT2D eigenvalue weighted by Crippen LogP contribution is -2.34. The SMILES string of the molecule is CCOC(=O)CNC(=O)Nc1ccc(Br)c(C)n1. The number of hydrogen-bond donors (Lipinski definition) is 2. The van der Waals surface area contributed by atoms with Crippen molar-refractivity contribution in [2.75, 3.05) is 18.5 Å². The molecule has 2 N–H and O–H groups in total. The lowest BCUT2D eigenvalue weighted by molar-refractivity contribution is -0.141. The van der Waals surface area contributed by atoms with Crippen molar-refractivity contribution < 1.29 is 14.3 Å². The average molecular weight is 316 g/mol. The summed E-state index contributed by atoms with van der Waals surface area (Å²) < 4.78 is 5.54. The van der Waals surface area contributed by atoms with Crippen molar-refractivity contribution in [1.29, 1.82) is 0 Å². The van der Waals surface area contributed by atoms with Gasteiger partial charge >= 0.3 is 12.0 Å². The molecular formula is C11H14BrN3O3. The van der Waals surface area contributed by atoms with Crippen molar-refractivity contribution in [2.45, 2.75) is 13.8 Å². The van der Waals surface area contributed by atoms with Crippen LogP contribution in [0.4, 0.5) is 10.6 Å². The summed E-state index contributed by atoms with van der Waals surface area (Å²) in [5, 5.41) is 4.89. The topological polar surface area (TPSA) is 80.3 Å². The number of urea groups is 1. The fourth-order valence-electron chi connectivity index (χ4n) is 1.14. The van der Waals surface area contributed by atoms with E-state index in [0.717, 1.165) is 10.2 Å². The van der Waals surface area contributed by atoms with E-state index in [2.05, 4.69) is 36.3 Å². The molecule has 0 saturated carbocycles. The molecule has 0 fully saturated rings. The van der Waals surface area contributed by atoms with Gasteiger partial charge in [0.1, 0.15) is 12.4 Å². The van der Waals surface area contributed by atoms with Crippen molar-refractivity contribution in [2.24, 2.45) is 0 Å². The second-order valence-corrected chi connectivity index (χ2v) is 4.23. The van der Waals surface area contributed by atoms with E-state index in [4.69, 9.17) is 0 Å². The van der Waals surface area contributed by atoms with Crippen molar-refractivity contribution in [1.82, 2.24) is 10.3 Å². The van der Waals surface area contributed by atoms with Gasteiger partial charge in [0.15, 0.2) is 0 Å². The van der Waals surface area contributed by atoms with Crippen LogP contribution < -0.4 is 10.6 Å². The molecule has 0 bridgehead atoms. The fourth-order valence-corrected chi connectivity index (χ4v) is 1.36. The van der Waals surface area contributed by atoms with E-state index in [9.17, 15) is 9.59 Å². The van der Waals surface area contributed by atoms with Crippen molar-refractivity contribution in [3.8, 4) is 0 Å². The number of nitrogens with zero attached hydrogens (tertiary/aromatic N) is 1. The van der Waals surface area contributed by atoms with Crippen LogP contribution in [-0.4, -0.2) is 30.1 Å². The molecule has 0 atom stereocenters. The molecule has 2 amide bonds. The predicted octanol–water partition coefficient (Wildman–Crippen LogP) is 1.84. The maximum atomic E-state index is 11.4. The molecule has 0 aromatic carbocycles. The molecule has 18 heavy (non-hydrogen) atoms. The average Bonchev–Trinajstić information content (AvgIpc) is 2.32. The van der Waals surface area contributed by atoms with Gasteiger partial charge in [0.05, 0.1) is 12.3 Å². The summed E-state index contributed by atoms with van der Waals surface area (Å²) in [5.74, 6) is -0.0651. The monoisotopic (exact) mass is 315 g/mol. The summed E-state index contributed by atoms with van der Waals surface area (Å²) >= 11 is 3.31. The van der Waals surface area contributed by atoms with Gasteiger partial charge in [-0.3, -0.25) is 10.1 Å². The molecule has 0 unspecified atom stereocenters. The predicted molar refractivity (Wildman–Crippen MR) is 70.3 cm³/mol. The summed E-state index contributed by atoms with van der Waals surface area (Å²) in [6.45, 7) is 3.63. The van der Waals surface area contributed by atoms with E-state index in [1.807, 2.05) is 6.92 Å². The maximum Gasteiger partial charge on any atom is 0.325 e. The number of esters is 1. The molecule has 0 spiro atoms. The Morgan fingerprint density at radius 1 is 1.44 bits per heavy atom. The summed E-state index contributed by atoms with van der Waals surface area (Å²) in [7, 11) is 0. The number of carbonyl (C=O) groups excluding carboxylic acids is 2. The Balaban J connectivity index is 2.44. The highest BCUT2D eigenvalue weighted by Crippen LogP contribution is 2.15. The molecule has 98 valence electrons. The van der Waals surface area contributed by atoms with Gasteiger partial charge < -0.3 is 10.1 Å². The highest BCUT2D eigenvalue weighted by molar-refractivity contribution is 9.10. The minimum absolute atomic E-state index is 0.171. The van der Waals surface area contributed by atoms with E-state index < -0.39 is 12.0 Å². The largest absolute Gasteiger partial charge is 0.465 e. The third-order valence-corrected chi connectivity index (χ3v) is 2.80. The molecular weight excluding hydrogens is 302 g/mol. The smallest absolute Gasteiger partial charge is 0.325 e. The molecule has 0 aliphatic carbocycles. The molecule has 1 aromatic rings. The third kappa shape index (κ3) is 4.70. The summed E-state index contributed by atoms with van der Waals surface area (Å²) in [5.41, 5.74) is 0.762. The van der Waals surface area contributed by atoms with Crippen LogP contribution in [-0.2, 0) is 9.53 Å². The number of hydrogen-bond acceptors (Lipinski definition) is 4. The van der Waals surface area contributed by atoms with Crippen molar-refractivity contribution in [3.63, 3.8) is 0 Å². The molecule has 7 heteroatoms. The zero-order valence-corrected chi connectivity index (χ0v) is 11.7.